The third-order valence-electron chi connectivity index (χ3n) is 5.94. The molecule has 0 aliphatic carbocycles. The van der Waals surface area contributed by atoms with Gasteiger partial charge < -0.3 is 29.2 Å². The normalized spacial score (nSPS) is 11.7. The minimum atomic E-state index is -0.784. The molecule has 2 amide bonds. The van der Waals surface area contributed by atoms with E-state index in [-0.39, 0.29) is 25.0 Å². The van der Waals surface area contributed by atoms with Crippen LogP contribution in [0.15, 0.2) is 72.8 Å². The van der Waals surface area contributed by atoms with E-state index in [0.717, 1.165) is 11.1 Å². The molecule has 0 heterocycles. The summed E-state index contributed by atoms with van der Waals surface area (Å²) in [5.41, 5.74) is 1.28. The van der Waals surface area contributed by atoms with Crippen LogP contribution in [0.1, 0.15) is 31.9 Å². The van der Waals surface area contributed by atoms with Crippen LogP contribution in [0.25, 0.3) is 0 Å². The first kappa shape index (κ1) is 29.4. The van der Waals surface area contributed by atoms with Crippen LogP contribution < -0.4 is 24.3 Å². The summed E-state index contributed by atoms with van der Waals surface area (Å²) in [4.78, 5) is 29.0. The van der Waals surface area contributed by atoms with Gasteiger partial charge in [0.2, 0.25) is 5.91 Å². The highest BCUT2D eigenvalue weighted by Gasteiger charge is 2.32. The van der Waals surface area contributed by atoms with Gasteiger partial charge in [-0.05, 0) is 44.0 Å². The Labute approximate surface area is 230 Å². The number of methoxy groups -OCH3 is 3. The van der Waals surface area contributed by atoms with E-state index in [4.69, 9.17) is 18.9 Å². The fraction of sp³-hybridized carbons (Fsp3) is 0.355. The monoisotopic (exact) mass is 534 g/mol. The van der Waals surface area contributed by atoms with Gasteiger partial charge in [-0.15, -0.1) is 0 Å². The average molecular weight is 535 g/mol. The summed E-state index contributed by atoms with van der Waals surface area (Å²) in [7, 11) is 4.68. The van der Waals surface area contributed by atoms with E-state index in [1.807, 2.05) is 75.4 Å². The molecule has 1 atom stereocenters. The quantitative estimate of drug-likeness (QED) is 0.364. The summed E-state index contributed by atoms with van der Waals surface area (Å²) >= 11 is 0. The number of carbonyl (C=O) groups excluding carboxylic acids is 2. The summed E-state index contributed by atoms with van der Waals surface area (Å²) in [5, 5.41) is 3.06. The van der Waals surface area contributed by atoms with Crippen LogP contribution in [0.2, 0.25) is 0 Å². The van der Waals surface area contributed by atoms with E-state index in [1.54, 1.807) is 44.4 Å². The molecule has 8 nitrogen and oxygen atoms in total. The molecule has 3 aromatic carbocycles. The molecule has 0 aliphatic rings. The van der Waals surface area contributed by atoms with E-state index in [9.17, 15) is 9.59 Å². The maximum atomic E-state index is 13.8. The molecule has 1 N–H and O–H groups in total. The predicted molar refractivity (Wildman–Crippen MR) is 150 cm³/mol. The summed E-state index contributed by atoms with van der Waals surface area (Å²) in [6, 6.07) is 21.4. The molecule has 3 aromatic rings. The van der Waals surface area contributed by atoms with E-state index < -0.39 is 11.6 Å². The van der Waals surface area contributed by atoms with Crippen molar-refractivity contribution in [2.45, 2.75) is 45.3 Å². The molecule has 8 heteroatoms. The molecule has 0 saturated carbocycles. The van der Waals surface area contributed by atoms with Crippen LogP contribution in [0, 0.1) is 0 Å². The van der Waals surface area contributed by atoms with Crippen molar-refractivity contribution in [2.24, 2.45) is 0 Å². The maximum absolute atomic E-state index is 13.8. The number of amides is 2. The maximum Gasteiger partial charge on any atom is 0.261 e. The lowest BCUT2D eigenvalue weighted by atomic mass is 10.0. The van der Waals surface area contributed by atoms with E-state index in [1.165, 1.54) is 0 Å². The Morgan fingerprint density at radius 2 is 1.36 bits per heavy atom. The van der Waals surface area contributed by atoms with Crippen LogP contribution in [0.3, 0.4) is 0 Å². The van der Waals surface area contributed by atoms with Gasteiger partial charge in [-0.1, -0.05) is 42.5 Å². The number of ether oxygens (including phenoxy) is 4. The first-order valence-electron chi connectivity index (χ1n) is 12.8. The SMILES string of the molecule is COc1cccc(CN(C(=O)COc2cc(OC)cc(OC)c2)[C@H](Cc2ccccc2)C(=O)NC(C)(C)C)c1. The van der Waals surface area contributed by atoms with Crippen LogP contribution in [-0.4, -0.2) is 56.2 Å². The van der Waals surface area contributed by atoms with Crippen LogP contribution >= 0.6 is 0 Å². The molecule has 0 bridgehead atoms. The van der Waals surface area contributed by atoms with Crippen LogP contribution in [-0.2, 0) is 22.6 Å². The molecule has 3 rings (SSSR count). The Hall–Kier alpha value is -4.20. The second-order valence-electron chi connectivity index (χ2n) is 10.2. The molecule has 0 radical (unpaired) electrons. The fourth-order valence-electron chi connectivity index (χ4n) is 4.07. The van der Waals surface area contributed by atoms with Crippen molar-refractivity contribution in [3.05, 3.63) is 83.9 Å². The van der Waals surface area contributed by atoms with Gasteiger partial charge in [0, 0.05) is 36.7 Å². The van der Waals surface area contributed by atoms with Crippen molar-refractivity contribution in [3.63, 3.8) is 0 Å². The number of nitrogens with zero attached hydrogens (tertiary/aromatic N) is 1. The Kier molecular flexibility index (Phi) is 10.2. The Morgan fingerprint density at radius 1 is 0.769 bits per heavy atom. The van der Waals surface area contributed by atoms with Crippen molar-refractivity contribution in [1.29, 1.82) is 0 Å². The van der Waals surface area contributed by atoms with E-state index >= 15 is 0 Å². The third kappa shape index (κ3) is 8.95. The van der Waals surface area contributed by atoms with Gasteiger partial charge in [-0.25, -0.2) is 0 Å². The lowest BCUT2D eigenvalue weighted by molar-refractivity contribution is -0.143. The average Bonchev–Trinajstić information content (AvgIpc) is 2.93. The molecular weight excluding hydrogens is 496 g/mol. The zero-order valence-electron chi connectivity index (χ0n) is 23.5. The first-order chi connectivity index (χ1) is 18.6. The van der Waals surface area contributed by atoms with Crippen LogP contribution in [0.4, 0.5) is 0 Å². The smallest absolute Gasteiger partial charge is 0.261 e. The topological polar surface area (TPSA) is 86.3 Å². The molecule has 0 spiro atoms. The van der Waals surface area contributed by atoms with Crippen molar-refractivity contribution < 1.29 is 28.5 Å². The fourth-order valence-corrected chi connectivity index (χ4v) is 4.07. The summed E-state index contributed by atoms with van der Waals surface area (Å²) in [5.74, 6) is 1.57. The van der Waals surface area contributed by atoms with Crippen molar-refractivity contribution in [3.8, 4) is 23.0 Å². The number of hydrogen-bond acceptors (Lipinski definition) is 6. The van der Waals surface area contributed by atoms with E-state index in [0.29, 0.717) is 29.4 Å². The minimum Gasteiger partial charge on any atom is -0.497 e. The summed E-state index contributed by atoms with van der Waals surface area (Å²) in [6.07, 6.45) is 0.339. The molecule has 0 unspecified atom stereocenters. The number of hydrogen-bond donors (Lipinski definition) is 1. The number of benzene rings is 3. The molecule has 0 saturated heterocycles. The second kappa shape index (κ2) is 13.6. The van der Waals surface area contributed by atoms with Crippen LogP contribution in [0.5, 0.6) is 23.0 Å². The lowest BCUT2D eigenvalue weighted by Gasteiger charge is -2.33. The van der Waals surface area contributed by atoms with Gasteiger partial charge in [-0.3, -0.25) is 9.59 Å². The van der Waals surface area contributed by atoms with Gasteiger partial charge in [0.25, 0.3) is 5.91 Å². The Morgan fingerprint density at radius 3 is 1.95 bits per heavy atom. The van der Waals surface area contributed by atoms with Gasteiger partial charge in [-0.2, -0.15) is 0 Å². The van der Waals surface area contributed by atoms with Crippen molar-refractivity contribution in [2.75, 3.05) is 27.9 Å². The molecule has 39 heavy (non-hydrogen) atoms. The van der Waals surface area contributed by atoms with Gasteiger partial charge in [0.1, 0.15) is 29.0 Å². The molecule has 0 aromatic heterocycles. The van der Waals surface area contributed by atoms with E-state index in [2.05, 4.69) is 5.32 Å². The number of carbonyl (C=O) groups is 2. The van der Waals surface area contributed by atoms with Crippen molar-refractivity contribution >= 4 is 11.8 Å². The highest BCUT2D eigenvalue weighted by molar-refractivity contribution is 5.89. The summed E-state index contributed by atoms with van der Waals surface area (Å²) < 4.78 is 21.9. The third-order valence-corrected chi connectivity index (χ3v) is 5.94. The Balaban J connectivity index is 1.96. The zero-order chi connectivity index (χ0) is 28.4. The van der Waals surface area contributed by atoms with Crippen molar-refractivity contribution in [1.82, 2.24) is 10.2 Å². The number of rotatable bonds is 12. The summed E-state index contributed by atoms with van der Waals surface area (Å²) in [6.45, 7) is 5.65. The van der Waals surface area contributed by atoms with Gasteiger partial charge in [0.15, 0.2) is 6.61 Å². The molecular formula is C31H38N2O6. The minimum absolute atomic E-state index is 0.190. The largest absolute Gasteiger partial charge is 0.497 e. The zero-order valence-corrected chi connectivity index (χ0v) is 23.5. The van der Waals surface area contributed by atoms with Gasteiger partial charge in [0.05, 0.1) is 21.3 Å². The number of nitrogens with one attached hydrogen (secondary N) is 1. The molecule has 208 valence electrons. The van der Waals surface area contributed by atoms with Gasteiger partial charge >= 0.3 is 0 Å². The highest BCUT2D eigenvalue weighted by Crippen LogP contribution is 2.27. The second-order valence-corrected chi connectivity index (χ2v) is 10.2. The lowest BCUT2D eigenvalue weighted by Crippen LogP contribution is -2.55. The standard InChI is InChI=1S/C31H38N2O6/c1-31(2,3)32-30(35)28(16-22-11-8-7-9-12-22)33(20-23-13-10-14-24(15-23)36-4)29(34)21-39-27-18-25(37-5)17-26(19-27)38-6/h7-15,17-19,28H,16,20-21H2,1-6H3,(H,32,35)/t28-/m1/s1. The predicted octanol–water partition coefficient (Wildman–Crippen LogP) is 4.65. The highest BCUT2D eigenvalue weighted by atomic mass is 16.5. The Bertz CT molecular complexity index is 1220. The molecule has 0 aliphatic heterocycles. The molecule has 0 fully saturated rings. The first-order valence-corrected chi connectivity index (χ1v) is 12.8.